The standard InChI is InChI=1S/C21H22N2O2S/c1-15-13-19(20(24)14-26-21-11-7-8-12-22(21)25)17(3)23(15)16(2)18-9-5-4-6-10-18/h4-13,16H,14H2,1-3H3/t16-/m0/s1. The van der Waals surface area contributed by atoms with Crippen LogP contribution in [0.5, 0.6) is 0 Å². The normalized spacial score (nSPS) is 12.1. The fourth-order valence-corrected chi connectivity index (χ4v) is 4.07. The van der Waals surface area contributed by atoms with E-state index in [2.05, 4.69) is 23.6 Å². The van der Waals surface area contributed by atoms with Crippen LogP contribution in [-0.2, 0) is 0 Å². The second-order valence-corrected chi connectivity index (χ2v) is 7.31. The highest BCUT2D eigenvalue weighted by Crippen LogP contribution is 2.26. The van der Waals surface area contributed by atoms with E-state index >= 15 is 0 Å². The first-order chi connectivity index (χ1) is 12.5. The summed E-state index contributed by atoms with van der Waals surface area (Å²) < 4.78 is 2.99. The fourth-order valence-electron chi connectivity index (χ4n) is 3.28. The molecule has 2 heterocycles. The Labute approximate surface area is 158 Å². The van der Waals surface area contributed by atoms with Gasteiger partial charge in [0.05, 0.1) is 11.8 Å². The maximum atomic E-state index is 12.7. The summed E-state index contributed by atoms with van der Waals surface area (Å²) in [7, 11) is 0. The summed E-state index contributed by atoms with van der Waals surface area (Å²) >= 11 is 1.27. The molecule has 4 nitrogen and oxygen atoms in total. The Morgan fingerprint density at radius 2 is 1.85 bits per heavy atom. The van der Waals surface area contributed by atoms with Gasteiger partial charge >= 0.3 is 0 Å². The highest BCUT2D eigenvalue weighted by atomic mass is 32.2. The van der Waals surface area contributed by atoms with Crippen molar-refractivity contribution in [2.75, 3.05) is 5.75 Å². The van der Waals surface area contributed by atoms with Crippen LogP contribution in [0.2, 0.25) is 0 Å². The van der Waals surface area contributed by atoms with Crippen LogP contribution in [0, 0.1) is 19.1 Å². The first-order valence-electron chi connectivity index (χ1n) is 8.56. The van der Waals surface area contributed by atoms with Crippen LogP contribution in [0.25, 0.3) is 0 Å². The molecular weight excluding hydrogens is 344 g/mol. The van der Waals surface area contributed by atoms with E-state index in [1.54, 1.807) is 18.2 Å². The van der Waals surface area contributed by atoms with Crippen molar-refractivity contribution in [3.8, 4) is 0 Å². The Balaban J connectivity index is 1.81. The summed E-state index contributed by atoms with van der Waals surface area (Å²) in [4.78, 5) is 12.7. The minimum Gasteiger partial charge on any atom is -0.618 e. The van der Waals surface area contributed by atoms with E-state index in [1.165, 1.54) is 23.5 Å². The zero-order valence-corrected chi connectivity index (χ0v) is 16.0. The number of thioether (sulfide) groups is 1. The van der Waals surface area contributed by atoms with Crippen molar-refractivity contribution in [1.29, 1.82) is 0 Å². The molecule has 3 aromatic rings. The lowest BCUT2D eigenvalue weighted by Crippen LogP contribution is -2.28. The molecule has 0 bridgehead atoms. The van der Waals surface area contributed by atoms with Crippen LogP contribution >= 0.6 is 11.8 Å². The summed E-state index contributed by atoms with van der Waals surface area (Å²) in [5.41, 5.74) is 3.96. The minimum atomic E-state index is 0.0402. The van der Waals surface area contributed by atoms with Gasteiger partial charge in [0.1, 0.15) is 0 Å². The third-order valence-corrected chi connectivity index (χ3v) is 5.61. The molecule has 1 atom stereocenters. The molecule has 0 unspecified atom stereocenters. The second kappa shape index (κ2) is 7.79. The number of Topliss-reactive ketones (excluding diaryl/α,β-unsaturated/α-hetero) is 1. The number of carbonyl (C=O) groups excluding carboxylic acids is 1. The molecule has 134 valence electrons. The van der Waals surface area contributed by atoms with Crippen LogP contribution < -0.4 is 4.73 Å². The predicted octanol–water partition coefficient (Wildman–Crippen LogP) is 4.32. The molecule has 3 rings (SSSR count). The zero-order valence-electron chi connectivity index (χ0n) is 15.2. The number of ketones is 1. The number of benzene rings is 1. The van der Waals surface area contributed by atoms with Crippen molar-refractivity contribution in [1.82, 2.24) is 4.57 Å². The van der Waals surface area contributed by atoms with Gasteiger partial charge in [0, 0.05) is 29.1 Å². The van der Waals surface area contributed by atoms with E-state index in [0.717, 1.165) is 21.7 Å². The smallest absolute Gasteiger partial charge is 0.251 e. The first kappa shape index (κ1) is 18.3. The molecule has 0 saturated heterocycles. The predicted molar refractivity (Wildman–Crippen MR) is 105 cm³/mol. The van der Waals surface area contributed by atoms with Crippen LogP contribution in [-0.4, -0.2) is 16.1 Å². The Morgan fingerprint density at radius 1 is 1.15 bits per heavy atom. The van der Waals surface area contributed by atoms with Gasteiger partial charge in [-0.2, -0.15) is 4.73 Å². The molecule has 0 radical (unpaired) electrons. The number of hydrogen-bond acceptors (Lipinski definition) is 3. The van der Waals surface area contributed by atoms with Crippen LogP contribution in [0.3, 0.4) is 0 Å². The van der Waals surface area contributed by atoms with E-state index in [9.17, 15) is 10.0 Å². The summed E-state index contributed by atoms with van der Waals surface area (Å²) in [6.07, 6.45) is 1.44. The molecule has 0 N–H and O–H groups in total. The van der Waals surface area contributed by atoms with Crippen LogP contribution in [0.1, 0.15) is 40.3 Å². The number of hydrogen-bond donors (Lipinski definition) is 0. The molecule has 26 heavy (non-hydrogen) atoms. The van der Waals surface area contributed by atoms with E-state index in [1.807, 2.05) is 38.1 Å². The second-order valence-electron chi connectivity index (χ2n) is 6.32. The third-order valence-electron chi connectivity index (χ3n) is 4.59. The number of rotatable bonds is 6. The maximum Gasteiger partial charge on any atom is 0.251 e. The van der Waals surface area contributed by atoms with Crippen LogP contribution in [0.4, 0.5) is 0 Å². The SMILES string of the molecule is Cc1cc(C(=O)CSc2cccc[n+]2[O-])c(C)n1[C@@H](C)c1ccccc1. The van der Waals surface area contributed by atoms with Gasteiger partial charge in [0.2, 0.25) is 0 Å². The summed E-state index contributed by atoms with van der Waals surface area (Å²) in [5, 5.41) is 12.3. The summed E-state index contributed by atoms with van der Waals surface area (Å²) in [5.74, 6) is 0.287. The Hall–Kier alpha value is -2.53. The lowest BCUT2D eigenvalue weighted by atomic mass is 10.1. The highest BCUT2D eigenvalue weighted by molar-refractivity contribution is 7.99. The lowest BCUT2D eigenvalue weighted by molar-refractivity contribution is -0.645. The monoisotopic (exact) mass is 366 g/mol. The van der Waals surface area contributed by atoms with E-state index < -0.39 is 0 Å². The Kier molecular flexibility index (Phi) is 5.47. The quantitative estimate of drug-likeness (QED) is 0.282. The van der Waals surface area contributed by atoms with Gasteiger partial charge in [-0.1, -0.05) is 30.3 Å². The Morgan fingerprint density at radius 3 is 2.54 bits per heavy atom. The lowest BCUT2D eigenvalue weighted by Gasteiger charge is -2.19. The van der Waals surface area contributed by atoms with E-state index in [0.29, 0.717) is 5.03 Å². The van der Waals surface area contributed by atoms with Crippen molar-refractivity contribution in [2.24, 2.45) is 0 Å². The highest BCUT2D eigenvalue weighted by Gasteiger charge is 2.20. The third kappa shape index (κ3) is 3.68. The topological polar surface area (TPSA) is 48.9 Å². The molecule has 0 saturated carbocycles. The maximum absolute atomic E-state index is 12.7. The molecule has 1 aromatic carbocycles. The van der Waals surface area contributed by atoms with Crippen LogP contribution in [0.15, 0.2) is 65.8 Å². The van der Waals surface area contributed by atoms with E-state index in [4.69, 9.17) is 0 Å². The van der Waals surface area contributed by atoms with Gasteiger partial charge in [-0.05, 0) is 50.2 Å². The number of nitrogens with zero attached hydrogens (tertiary/aromatic N) is 2. The van der Waals surface area contributed by atoms with Crippen molar-refractivity contribution in [2.45, 2.75) is 31.8 Å². The fraction of sp³-hybridized carbons (Fsp3) is 0.238. The van der Waals surface area contributed by atoms with E-state index in [-0.39, 0.29) is 17.6 Å². The molecule has 0 aliphatic heterocycles. The molecule has 0 aliphatic carbocycles. The van der Waals surface area contributed by atoms with Crippen molar-refractivity contribution in [3.63, 3.8) is 0 Å². The molecule has 0 aliphatic rings. The molecular formula is C21H22N2O2S. The van der Waals surface area contributed by atoms with Gasteiger partial charge in [0.25, 0.3) is 5.03 Å². The Bertz CT molecular complexity index is 919. The minimum absolute atomic E-state index is 0.0402. The number of aryl methyl sites for hydroxylation is 1. The van der Waals surface area contributed by atoms with Gasteiger partial charge < -0.3 is 9.77 Å². The number of pyridine rings is 1. The molecule has 2 aromatic heterocycles. The van der Waals surface area contributed by atoms with Crippen molar-refractivity contribution < 1.29 is 9.52 Å². The summed E-state index contributed by atoms with van der Waals surface area (Å²) in [6.45, 7) is 6.16. The molecule has 0 spiro atoms. The van der Waals surface area contributed by atoms with Crippen molar-refractivity contribution >= 4 is 17.5 Å². The number of carbonyl (C=O) groups is 1. The van der Waals surface area contributed by atoms with Crippen molar-refractivity contribution in [3.05, 3.63) is 88.5 Å². The average Bonchev–Trinajstić information content (AvgIpc) is 2.95. The molecule has 0 fully saturated rings. The van der Waals surface area contributed by atoms with Gasteiger partial charge in [-0.15, -0.1) is 0 Å². The van der Waals surface area contributed by atoms with Gasteiger partial charge in [-0.25, -0.2) is 0 Å². The number of aromatic nitrogens is 2. The van der Waals surface area contributed by atoms with Gasteiger partial charge in [0.15, 0.2) is 12.0 Å². The molecule has 5 heteroatoms. The molecule has 0 amide bonds. The first-order valence-corrected chi connectivity index (χ1v) is 9.55. The average molecular weight is 366 g/mol. The van der Waals surface area contributed by atoms with Gasteiger partial charge in [-0.3, -0.25) is 4.79 Å². The summed E-state index contributed by atoms with van der Waals surface area (Å²) in [6, 6.07) is 17.6. The zero-order chi connectivity index (χ0) is 18.7. The largest absolute Gasteiger partial charge is 0.618 e.